The summed E-state index contributed by atoms with van der Waals surface area (Å²) < 4.78 is 21.2. The fourth-order valence-electron chi connectivity index (χ4n) is 13.6. The van der Waals surface area contributed by atoms with Crippen LogP contribution in [-0.4, -0.2) is 161 Å². The summed E-state index contributed by atoms with van der Waals surface area (Å²) in [6.07, 6.45) is 7.70. The number of rotatable bonds is 12. The summed E-state index contributed by atoms with van der Waals surface area (Å²) in [6, 6.07) is 55.2. The number of morpholine rings is 3. The van der Waals surface area contributed by atoms with Crippen LogP contribution in [0.15, 0.2) is 197 Å². The van der Waals surface area contributed by atoms with Crippen molar-refractivity contribution in [2.24, 2.45) is 0 Å². The third-order valence-electron chi connectivity index (χ3n) is 18.7. The van der Waals surface area contributed by atoms with Crippen LogP contribution >= 0.6 is 0 Å². The van der Waals surface area contributed by atoms with Gasteiger partial charge in [0, 0.05) is 96.3 Å². The van der Waals surface area contributed by atoms with Crippen molar-refractivity contribution in [2.45, 2.75) is 52.1 Å². The number of fused-ring (bicyclic) bond motifs is 9. The molecule has 5 N–H and O–H groups in total. The van der Waals surface area contributed by atoms with Gasteiger partial charge in [-0.25, -0.2) is 0 Å². The number of aromatic nitrogens is 3. The van der Waals surface area contributed by atoms with Crippen molar-refractivity contribution < 1.29 is 50.9 Å². The van der Waals surface area contributed by atoms with Gasteiger partial charge < -0.3 is 68.5 Å². The molecule has 0 aliphatic carbocycles. The average Bonchev–Trinajstić information content (AvgIpc) is 0.927. The van der Waals surface area contributed by atoms with Crippen molar-refractivity contribution in [3.63, 3.8) is 0 Å². The van der Waals surface area contributed by atoms with Crippen LogP contribution in [0.25, 0.3) is 98.0 Å². The van der Waals surface area contributed by atoms with Gasteiger partial charge in [0.05, 0.1) is 68.5 Å². The number of hydrogen-bond donors (Lipinski definition) is 5. The molecule has 0 radical (unpaired) electrons. The van der Waals surface area contributed by atoms with Gasteiger partial charge >= 0.3 is 23.1 Å². The van der Waals surface area contributed by atoms with Gasteiger partial charge in [-0.15, -0.1) is 0 Å². The molecular formula is C81H83BrMgN6O10. The minimum absolute atomic E-state index is 0. The second kappa shape index (κ2) is 34.8. The molecule has 7 heterocycles. The number of ether oxygens (including phenoxy) is 4. The van der Waals surface area contributed by atoms with Gasteiger partial charge in [0.2, 0.25) is 0 Å². The molecule has 0 saturated carbocycles. The molecule has 0 spiro atoms. The van der Waals surface area contributed by atoms with Crippen LogP contribution in [-0.2, 0) is 45.2 Å². The van der Waals surface area contributed by atoms with E-state index in [-0.39, 0.29) is 70.7 Å². The number of aliphatic hydroxyl groups is 2. The van der Waals surface area contributed by atoms with Crippen LogP contribution in [0, 0.1) is 7.43 Å². The van der Waals surface area contributed by atoms with Gasteiger partial charge in [-0.3, -0.25) is 33.9 Å². The molecule has 0 bridgehead atoms. The smallest absolute Gasteiger partial charge is 1.00 e. The van der Waals surface area contributed by atoms with Gasteiger partial charge in [0.1, 0.15) is 0 Å². The number of nitrogens with zero attached hydrogens (tertiary/aromatic N) is 3. The molecule has 506 valence electrons. The van der Waals surface area contributed by atoms with E-state index in [9.17, 15) is 29.4 Å². The number of carbonyl (C=O) groups excluding carboxylic acids is 1. The van der Waals surface area contributed by atoms with E-state index < -0.39 is 6.10 Å². The molecule has 99 heavy (non-hydrogen) atoms. The van der Waals surface area contributed by atoms with Crippen molar-refractivity contribution in [1.82, 2.24) is 29.7 Å². The molecule has 1 atom stereocenters. The SMILES string of the molecule is C1CCOC1.CC(O)c1cc2cc[nH]c(=O)c2c2cc(-c3ccc(CN4CCOCC4)cc3)ccc12.O=Cc1cc2cc[nH]c(=O)c2c2cc(-c3ccc(CN4CCOCC4)cc3)ccc12.O=c1[nH]ccc2cc(CO)c3ccc(-c4ccc(CN5CCOCC5)cc4)cc3c12.[Br-].[CH3-].[Mg+2]. The molecule has 12 aromatic rings. The molecule has 0 amide bonds. The number of nitrogens with one attached hydrogen (secondary N) is 3. The Morgan fingerprint density at radius 2 is 0.758 bits per heavy atom. The second-order valence-electron chi connectivity index (χ2n) is 25.1. The Labute approximate surface area is 602 Å². The van der Waals surface area contributed by atoms with E-state index >= 15 is 0 Å². The van der Waals surface area contributed by atoms with E-state index in [1.807, 2.05) is 60.7 Å². The normalized spacial score (nSPS) is 15.3. The number of carbonyl (C=O) groups is 1. The monoisotopic (exact) mass is 1400 g/mol. The standard InChI is InChI=1S/C26H26N2O3.C25H24N2O3.C25H22N2O3.C4H8O.CH3.BrH.Mg/c1-17(29)23-15-21-8-9-27-26(30)25(21)24-14-20(6-7-22(23)24)19-4-2-18(3-5-19)16-28-10-12-31-13-11-28;2*28-16-21-13-20-7-8-26-25(29)24(20)23-14-19(5-6-22(21)23)18-3-1-17(2-4-18)15-27-9-11-30-12-10-27;1-2-4-5-3-1;;;/h2-9,14-15,17,29H,10-13,16H2,1H3,(H,27,30);1-8,13-14,28H,9-12,15-16H2,(H,26,29);1-8,13-14,16H,9-12,15H2,(H,26,29);1-4H2;1H3;1H;/q;;;;-1;;+2/p-1. The van der Waals surface area contributed by atoms with Crippen molar-refractivity contribution in [3.05, 3.63) is 254 Å². The van der Waals surface area contributed by atoms with E-state index in [0.717, 1.165) is 211 Å². The van der Waals surface area contributed by atoms with Crippen molar-refractivity contribution in [1.29, 1.82) is 0 Å². The Kier molecular flexibility index (Phi) is 25.9. The van der Waals surface area contributed by atoms with Gasteiger partial charge in [0.25, 0.3) is 16.7 Å². The Balaban J connectivity index is 0.000000153. The maximum atomic E-state index is 12.6. The number of halogens is 1. The van der Waals surface area contributed by atoms with E-state index in [1.165, 1.54) is 29.5 Å². The van der Waals surface area contributed by atoms with Gasteiger partial charge in [-0.1, -0.05) is 109 Å². The number of H-pyrrole nitrogens is 3. The zero-order chi connectivity index (χ0) is 65.9. The second-order valence-corrected chi connectivity index (χ2v) is 25.1. The predicted octanol–water partition coefficient (Wildman–Crippen LogP) is 9.77. The summed E-state index contributed by atoms with van der Waals surface area (Å²) >= 11 is 0. The Bertz CT molecular complexity index is 4900. The molecule has 4 saturated heterocycles. The number of benzene rings is 9. The van der Waals surface area contributed by atoms with Crippen LogP contribution in [0.3, 0.4) is 0 Å². The van der Waals surface area contributed by atoms with Crippen LogP contribution < -0.4 is 33.7 Å². The topological polar surface area (TPSA) is 203 Å². The first-order chi connectivity index (χ1) is 47.0. The molecule has 18 heteroatoms. The van der Waals surface area contributed by atoms with Crippen LogP contribution in [0.2, 0.25) is 0 Å². The van der Waals surface area contributed by atoms with Crippen LogP contribution in [0.1, 0.15) is 64.0 Å². The summed E-state index contributed by atoms with van der Waals surface area (Å²) in [6.45, 7) is 17.1. The number of hydrogen-bond acceptors (Lipinski definition) is 13. The maximum absolute atomic E-state index is 12.6. The molecule has 16 rings (SSSR count). The number of pyridine rings is 3. The largest absolute Gasteiger partial charge is 2.00 e. The minimum Gasteiger partial charge on any atom is -1.00 e. The fraction of sp³-hybridized carbons (Fsp3) is 0.272. The van der Waals surface area contributed by atoms with E-state index in [2.05, 4.69) is 127 Å². The Morgan fingerprint density at radius 3 is 1.12 bits per heavy atom. The van der Waals surface area contributed by atoms with Gasteiger partial charge in [0.15, 0.2) is 6.29 Å². The number of aldehydes is 1. The van der Waals surface area contributed by atoms with E-state index in [4.69, 9.17) is 18.9 Å². The van der Waals surface area contributed by atoms with E-state index in [0.29, 0.717) is 21.7 Å². The van der Waals surface area contributed by atoms with E-state index in [1.54, 1.807) is 31.6 Å². The third kappa shape index (κ3) is 17.4. The molecule has 1 unspecified atom stereocenters. The predicted molar refractivity (Wildman–Crippen MR) is 395 cm³/mol. The fourth-order valence-corrected chi connectivity index (χ4v) is 13.6. The quantitative estimate of drug-likeness (QED) is 0.0335. The molecule has 16 nitrogen and oxygen atoms in total. The van der Waals surface area contributed by atoms with Crippen LogP contribution in [0.4, 0.5) is 0 Å². The Morgan fingerprint density at radius 1 is 0.424 bits per heavy atom. The number of aliphatic hydroxyl groups excluding tert-OH is 2. The minimum atomic E-state index is -0.614. The van der Waals surface area contributed by atoms with Crippen molar-refractivity contribution in [3.8, 4) is 33.4 Å². The van der Waals surface area contributed by atoms with Crippen molar-refractivity contribution >= 4 is 94.0 Å². The molecule has 9 aromatic carbocycles. The molecular weight excluding hydrogens is 1320 g/mol. The zero-order valence-electron chi connectivity index (χ0n) is 56.2. The third-order valence-corrected chi connectivity index (χ3v) is 18.7. The molecule has 4 aliphatic rings. The summed E-state index contributed by atoms with van der Waals surface area (Å²) in [4.78, 5) is 64.8. The molecule has 4 aliphatic heterocycles. The average molecular weight is 1400 g/mol. The van der Waals surface area contributed by atoms with Gasteiger partial charge in [-0.2, -0.15) is 0 Å². The van der Waals surface area contributed by atoms with Crippen molar-refractivity contribution in [2.75, 3.05) is 92.1 Å². The summed E-state index contributed by atoms with van der Waals surface area (Å²) in [7, 11) is 0. The molecule has 4 fully saturated rings. The first-order valence-corrected chi connectivity index (χ1v) is 33.3. The Hall–Kier alpha value is -8.05. The van der Waals surface area contributed by atoms with Crippen LogP contribution in [0.5, 0.6) is 0 Å². The number of aromatic amines is 3. The maximum Gasteiger partial charge on any atom is 2.00 e. The summed E-state index contributed by atoms with van der Waals surface area (Å²) in [5.41, 5.74) is 12.2. The zero-order valence-corrected chi connectivity index (χ0v) is 59.2. The molecule has 3 aromatic heterocycles. The van der Waals surface area contributed by atoms with Gasteiger partial charge in [-0.05, 0) is 184 Å². The first-order valence-electron chi connectivity index (χ1n) is 33.3. The summed E-state index contributed by atoms with van der Waals surface area (Å²) in [5, 5.41) is 29.7. The first kappa shape index (κ1) is 73.7. The summed E-state index contributed by atoms with van der Waals surface area (Å²) in [5.74, 6) is 0.